The fourth-order valence-corrected chi connectivity index (χ4v) is 2.42. The van der Waals surface area contributed by atoms with Crippen molar-refractivity contribution in [1.82, 2.24) is 0 Å². The topological polar surface area (TPSA) is 12.5 Å². The fraction of sp³-hybridized carbons (Fsp3) is 0.500. The lowest BCUT2D eigenvalue weighted by Crippen LogP contribution is -2.35. The summed E-state index contributed by atoms with van der Waals surface area (Å²) >= 11 is 6.01. The van der Waals surface area contributed by atoms with Crippen LogP contribution in [0.15, 0.2) is 16.3 Å². The molecule has 0 N–H and O–H groups in total. The van der Waals surface area contributed by atoms with Crippen LogP contribution in [0.4, 0.5) is 5.00 Å². The molecule has 0 amide bonds. The zero-order chi connectivity index (χ0) is 8.39. The molecule has 0 aromatic carbocycles. The van der Waals surface area contributed by atoms with Gasteiger partial charge in [0.2, 0.25) is 0 Å². The third-order valence-corrected chi connectivity index (χ3v) is 3.27. The van der Waals surface area contributed by atoms with Crippen molar-refractivity contribution in [1.29, 1.82) is 0 Å². The normalized spacial score (nSPS) is 18.2. The minimum Gasteiger partial charge on any atom is -0.378 e. The number of thiol groups is 1. The summed E-state index contributed by atoms with van der Waals surface area (Å²) in [5, 5.41) is 1.31. The molecule has 0 spiro atoms. The second-order valence-electron chi connectivity index (χ2n) is 2.71. The van der Waals surface area contributed by atoms with Gasteiger partial charge in [0.1, 0.15) is 0 Å². The Labute approximate surface area is 81.6 Å². The van der Waals surface area contributed by atoms with Gasteiger partial charge in [-0.25, -0.2) is 0 Å². The van der Waals surface area contributed by atoms with Crippen LogP contribution in [0.1, 0.15) is 0 Å². The molecule has 1 saturated heterocycles. The average molecular weight is 201 g/mol. The van der Waals surface area contributed by atoms with Crippen LogP contribution in [0.3, 0.4) is 0 Å². The molecule has 1 fully saturated rings. The van der Waals surface area contributed by atoms with Gasteiger partial charge in [0.05, 0.1) is 22.4 Å². The molecule has 4 heteroatoms. The van der Waals surface area contributed by atoms with E-state index in [9.17, 15) is 0 Å². The summed E-state index contributed by atoms with van der Waals surface area (Å²) in [4.78, 5) is 2.34. The Morgan fingerprint density at radius 3 is 2.67 bits per heavy atom. The molecule has 0 atom stereocenters. The molecule has 0 unspecified atom stereocenters. The van der Waals surface area contributed by atoms with Gasteiger partial charge in [-0.05, 0) is 12.1 Å². The summed E-state index contributed by atoms with van der Waals surface area (Å²) in [6.45, 7) is 3.71. The van der Waals surface area contributed by atoms with E-state index in [1.807, 2.05) is 6.07 Å². The molecule has 1 aromatic rings. The quantitative estimate of drug-likeness (QED) is 0.696. The van der Waals surface area contributed by atoms with Crippen molar-refractivity contribution in [2.24, 2.45) is 0 Å². The molecule has 12 heavy (non-hydrogen) atoms. The highest BCUT2D eigenvalue weighted by Crippen LogP contribution is 2.28. The van der Waals surface area contributed by atoms with Gasteiger partial charge in [0, 0.05) is 13.1 Å². The molecule has 0 radical (unpaired) electrons. The Balaban J connectivity index is 2.08. The van der Waals surface area contributed by atoms with Crippen LogP contribution in [0, 0.1) is 0 Å². The number of nitrogens with zero attached hydrogens (tertiary/aromatic N) is 1. The van der Waals surface area contributed by atoms with Crippen LogP contribution in [-0.2, 0) is 4.74 Å². The molecule has 2 heterocycles. The van der Waals surface area contributed by atoms with Gasteiger partial charge in [0.25, 0.3) is 0 Å². The summed E-state index contributed by atoms with van der Waals surface area (Å²) in [5.74, 6) is 0. The molecular formula is C8H11NOS2. The molecule has 66 valence electrons. The fourth-order valence-electron chi connectivity index (χ4n) is 1.27. The van der Waals surface area contributed by atoms with Crippen LogP contribution >= 0.6 is 24.0 Å². The maximum atomic E-state index is 5.27. The molecule has 0 bridgehead atoms. The van der Waals surface area contributed by atoms with Crippen molar-refractivity contribution in [3.05, 3.63) is 12.1 Å². The number of rotatable bonds is 1. The largest absolute Gasteiger partial charge is 0.378 e. The van der Waals surface area contributed by atoms with E-state index in [2.05, 4.69) is 23.6 Å². The van der Waals surface area contributed by atoms with Crippen LogP contribution < -0.4 is 4.90 Å². The second kappa shape index (κ2) is 3.68. The van der Waals surface area contributed by atoms with E-state index in [0.717, 1.165) is 30.5 Å². The van der Waals surface area contributed by atoms with E-state index in [1.54, 1.807) is 11.3 Å². The highest BCUT2D eigenvalue weighted by Gasteiger charge is 2.11. The first-order valence-electron chi connectivity index (χ1n) is 3.98. The highest BCUT2D eigenvalue weighted by molar-refractivity contribution is 7.83. The summed E-state index contributed by atoms with van der Waals surface area (Å²) in [7, 11) is 0. The lowest BCUT2D eigenvalue weighted by molar-refractivity contribution is 0.123. The Hall–Kier alpha value is -0.190. The van der Waals surface area contributed by atoms with E-state index < -0.39 is 0 Å². The minimum absolute atomic E-state index is 0.847. The summed E-state index contributed by atoms with van der Waals surface area (Å²) in [6.07, 6.45) is 0. The smallest absolute Gasteiger partial charge is 0.0921 e. The van der Waals surface area contributed by atoms with E-state index in [-0.39, 0.29) is 0 Å². The number of hydrogen-bond acceptors (Lipinski definition) is 4. The number of morpholine rings is 1. The third kappa shape index (κ3) is 1.76. The van der Waals surface area contributed by atoms with Crippen molar-refractivity contribution in [2.75, 3.05) is 31.2 Å². The van der Waals surface area contributed by atoms with E-state index in [4.69, 9.17) is 4.74 Å². The Bertz CT molecular complexity index is 255. The first-order chi connectivity index (χ1) is 5.86. The third-order valence-electron chi connectivity index (χ3n) is 1.90. The summed E-state index contributed by atoms with van der Waals surface area (Å²) in [5.41, 5.74) is 0. The number of hydrogen-bond donors (Lipinski definition) is 1. The van der Waals surface area contributed by atoms with Gasteiger partial charge in [0.15, 0.2) is 0 Å². The molecule has 1 aliphatic rings. The predicted octanol–water partition coefficient (Wildman–Crippen LogP) is 1.87. The second-order valence-corrected chi connectivity index (χ2v) is 4.56. The first-order valence-corrected chi connectivity index (χ1v) is 5.24. The average Bonchev–Trinajstić information content (AvgIpc) is 2.54. The number of thiophene rings is 1. The number of ether oxygens (including phenoxy) is 1. The van der Waals surface area contributed by atoms with Crippen molar-refractivity contribution in [3.63, 3.8) is 0 Å². The van der Waals surface area contributed by atoms with Crippen LogP contribution in [0.25, 0.3) is 0 Å². The molecule has 2 nitrogen and oxygen atoms in total. The van der Waals surface area contributed by atoms with Gasteiger partial charge in [-0.3, -0.25) is 0 Å². The lowest BCUT2D eigenvalue weighted by Gasteiger charge is -2.27. The number of anilines is 1. The van der Waals surface area contributed by atoms with Gasteiger partial charge in [-0.15, -0.1) is 24.0 Å². The van der Waals surface area contributed by atoms with Gasteiger partial charge >= 0.3 is 0 Å². The summed E-state index contributed by atoms with van der Waals surface area (Å²) < 4.78 is 6.35. The van der Waals surface area contributed by atoms with Crippen LogP contribution in [0.2, 0.25) is 0 Å². The standard InChI is InChI=1S/C8H11NOS2/c11-8-2-1-7(12-8)9-3-5-10-6-4-9/h1-2,11H,3-6H2. The van der Waals surface area contributed by atoms with Crippen molar-refractivity contribution in [3.8, 4) is 0 Å². The Kier molecular flexibility index (Phi) is 2.58. The molecule has 0 saturated carbocycles. The van der Waals surface area contributed by atoms with Crippen molar-refractivity contribution >= 4 is 29.0 Å². The Morgan fingerprint density at radius 2 is 2.08 bits per heavy atom. The SMILES string of the molecule is Sc1ccc(N2CCOCC2)s1. The van der Waals surface area contributed by atoms with Gasteiger partial charge in [-0.1, -0.05) is 0 Å². The van der Waals surface area contributed by atoms with Gasteiger partial charge in [-0.2, -0.15) is 0 Å². The van der Waals surface area contributed by atoms with E-state index >= 15 is 0 Å². The van der Waals surface area contributed by atoms with Crippen LogP contribution in [0.5, 0.6) is 0 Å². The maximum absolute atomic E-state index is 5.27. The van der Waals surface area contributed by atoms with Crippen molar-refractivity contribution in [2.45, 2.75) is 4.21 Å². The van der Waals surface area contributed by atoms with Gasteiger partial charge < -0.3 is 9.64 Å². The molecule has 2 rings (SSSR count). The maximum Gasteiger partial charge on any atom is 0.0921 e. The molecule has 1 aliphatic heterocycles. The Morgan fingerprint density at radius 1 is 1.33 bits per heavy atom. The van der Waals surface area contributed by atoms with Crippen LogP contribution in [-0.4, -0.2) is 26.3 Å². The molecule has 1 aromatic heterocycles. The van der Waals surface area contributed by atoms with E-state index in [0.29, 0.717) is 0 Å². The van der Waals surface area contributed by atoms with E-state index in [1.165, 1.54) is 5.00 Å². The highest BCUT2D eigenvalue weighted by atomic mass is 32.2. The molecule has 0 aliphatic carbocycles. The monoisotopic (exact) mass is 201 g/mol. The molecular weight excluding hydrogens is 190 g/mol. The minimum atomic E-state index is 0.847. The predicted molar refractivity (Wildman–Crippen MR) is 54.6 cm³/mol. The summed E-state index contributed by atoms with van der Waals surface area (Å²) in [6, 6.07) is 4.16. The zero-order valence-electron chi connectivity index (χ0n) is 6.69. The van der Waals surface area contributed by atoms with Crippen molar-refractivity contribution < 1.29 is 4.74 Å². The lowest BCUT2D eigenvalue weighted by atomic mass is 10.4. The zero-order valence-corrected chi connectivity index (χ0v) is 8.40. The first kappa shape index (κ1) is 8.41.